The number of hydrazine groups is 1. The monoisotopic (exact) mass is 338 g/mol. The molecule has 20 heavy (non-hydrogen) atoms. The van der Waals surface area contributed by atoms with Crippen LogP contribution in [-0.4, -0.2) is 12.2 Å². The van der Waals surface area contributed by atoms with Crippen molar-refractivity contribution in [3.63, 3.8) is 0 Å². The van der Waals surface area contributed by atoms with E-state index in [1.165, 1.54) is 30.4 Å². The van der Waals surface area contributed by atoms with Crippen LogP contribution in [-0.2, 0) is 4.74 Å². The van der Waals surface area contributed by atoms with Gasteiger partial charge >= 0.3 is 0 Å². The summed E-state index contributed by atoms with van der Waals surface area (Å²) in [5.41, 5.74) is 5.74. The Morgan fingerprint density at radius 1 is 1.45 bits per heavy atom. The highest BCUT2D eigenvalue weighted by atomic mass is 79.9. The Hall–Kier alpha value is -0.420. The zero-order chi connectivity index (χ0) is 14.2. The van der Waals surface area contributed by atoms with E-state index in [0.717, 1.165) is 23.9 Å². The van der Waals surface area contributed by atoms with E-state index in [1.807, 2.05) is 0 Å². The molecular weight excluding hydrogens is 316 g/mol. The van der Waals surface area contributed by atoms with Crippen LogP contribution in [0, 0.1) is 12.8 Å². The lowest BCUT2D eigenvalue weighted by molar-refractivity contribution is -0.147. The minimum Gasteiger partial charge on any atom is -0.375 e. The van der Waals surface area contributed by atoms with E-state index in [1.54, 1.807) is 0 Å². The molecule has 1 saturated carbocycles. The molecule has 1 aromatic rings. The van der Waals surface area contributed by atoms with Crippen molar-refractivity contribution in [3.8, 4) is 0 Å². The molecule has 0 bridgehead atoms. The summed E-state index contributed by atoms with van der Waals surface area (Å²) in [4.78, 5) is 0. The number of ether oxygens (including phenoxy) is 1. The summed E-state index contributed by atoms with van der Waals surface area (Å²) in [5, 5.41) is 0. The highest BCUT2D eigenvalue weighted by molar-refractivity contribution is 9.10. The Morgan fingerprint density at radius 3 is 2.85 bits per heavy atom. The fourth-order valence-electron chi connectivity index (χ4n) is 3.63. The topological polar surface area (TPSA) is 47.3 Å². The minimum absolute atomic E-state index is 0.162. The zero-order valence-electron chi connectivity index (χ0n) is 12.0. The van der Waals surface area contributed by atoms with Crippen LogP contribution in [0.1, 0.15) is 49.3 Å². The lowest BCUT2D eigenvalue weighted by Gasteiger charge is -2.48. The van der Waals surface area contributed by atoms with Gasteiger partial charge in [-0.2, -0.15) is 0 Å². The Kier molecular flexibility index (Phi) is 4.18. The number of benzene rings is 1. The zero-order valence-corrected chi connectivity index (χ0v) is 13.6. The lowest BCUT2D eigenvalue weighted by atomic mass is 9.70. The first kappa shape index (κ1) is 14.5. The Bertz CT molecular complexity index is 487. The van der Waals surface area contributed by atoms with Crippen LogP contribution in [0.5, 0.6) is 0 Å². The number of nitrogens with one attached hydrogen (secondary N) is 1. The van der Waals surface area contributed by atoms with Gasteiger partial charge < -0.3 is 4.74 Å². The van der Waals surface area contributed by atoms with E-state index in [0.29, 0.717) is 5.92 Å². The van der Waals surface area contributed by atoms with Gasteiger partial charge in [0.25, 0.3) is 0 Å². The van der Waals surface area contributed by atoms with Gasteiger partial charge in [-0.3, -0.25) is 11.3 Å². The van der Waals surface area contributed by atoms with Crippen molar-refractivity contribution < 1.29 is 4.74 Å². The predicted molar refractivity (Wildman–Crippen MR) is 84.2 cm³/mol. The number of hydrogen-bond acceptors (Lipinski definition) is 3. The quantitative estimate of drug-likeness (QED) is 0.653. The van der Waals surface area contributed by atoms with Crippen LogP contribution in [0.4, 0.5) is 0 Å². The van der Waals surface area contributed by atoms with E-state index in [9.17, 15) is 0 Å². The second-order valence-corrected chi connectivity index (χ2v) is 7.16. The largest absolute Gasteiger partial charge is 0.375 e. The summed E-state index contributed by atoms with van der Waals surface area (Å²) in [5.74, 6) is 6.43. The molecule has 0 radical (unpaired) electrons. The summed E-state index contributed by atoms with van der Waals surface area (Å²) < 4.78 is 7.18. The molecule has 2 atom stereocenters. The van der Waals surface area contributed by atoms with Crippen molar-refractivity contribution in [2.45, 2.75) is 50.7 Å². The van der Waals surface area contributed by atoms with E-state index >= 15 is 0 Å². The van der Waals surface area contributed by atoms with Crippen molar-refractivity contribution in [1.29, 1.82) is 0 Å². The third-order valence-electron chi connectivity index (χ3n) is 4.94. The normalized spacial score (nSPS) is 26.2. The molecular formula is C16H23BrN2O. The minimum atomic E-state index is 0.162. The van der Waals surface area contributed by atoms with Gasteiger partial charge in [0.1, 0.15) is 0 Å². The van der Waals surface area contributed by atoms with Gasteiger partial charge in [-0.25, -0.2) is 0 Å². The van der Waals surface area contributed by atoms with Gasteiger partial charge in [-0.05, 0) is 62.1 Å². The van der Waals surface area contributed by atoms with Crippen molar-refractivity contribution in [3.05, 3.63) is 33.8 Å². The SMILES string of the molecule is Cc1ccc(C(NN)C2CCOC3(CCC3)C2)c(Br)c1. The molecule has 0 aromatic heterocycles. The van der Waals surface area contributed by atoms with E-state index in [4.69, 9.17) is 10.6 Å². The maximum atomic E-state index is 6.03. The van der Waals surface area contributed by atoms with E-state index in [-0.39, 0.29) is 11.6 Å². The summed E-state index contributed by atoms with van der Waals surface area (Å²) in [6, 6.07) is 6.71. The van der Waals surface area contributed by atoms with Crippen LogP contribution in [0.3, 0.4) is 0 Å². The molecule has 3 nitrogen and oxygen atoms in total. The number of aryl methyl sites for hydroxylation is 1. The van der Waals surface area contributed by atoms with E-state index < -0.39 is 0 Å². The molecule has 2 aliphatic rings. The highest BCUT2D eigenvalue weighted by Gasteiger charge is 2.44. The van der Waals surface area contributed by atoms with Gasteiger partial charge in [0, 0.05) is 11.1 Å². The average Bonchev–Trinajstić information content (AvgIpc) is 2.40. The number of halogens is 1. The summed E-state index contributed by atoms with van der Waals surface area (Å²) in [7, 11) is 0. The van der Waals surface area contributed by atoms with Crippen LogP contribution in [0.2, 0.25) is 0 Å². The fourth-order valence-corrected chi connectivity index (χ4v) is 4.37. The molecule has 1 aliphatic heterocycles. The first-order valence-electron chi connectivity index (χ1n) is 7.50. The first-order valence-corrected chi connectivity index (χ1v) is 8.29. The summed E-state index contributed by atoms with van der Waals surface area (Å²) >= 11 is 3.69. The molecule has 1 heterocycles. The number of hydrogen-bond donors (Lipinski definition) is 2. The second kappa shape index (κ2) is 5.76. The molecule has 0 amide bonds. The third kappa shape index (κ3) is 2.67. The number of rotatable bonds is 3. The van der Waals surface area contributed by atoms with Crippen LogP contribution in [0.25, 0.3) is 0 Å². The molecule has 2 fully saturated rings. The van der Waals surface area contributed by atoms with Crippen molar-refractivity contribution in [2.24, 2.45) is 11.8 Å². The molecule has 1 aromatic carbocycles. The van der Waals surface area contributed by atoms with Crippen LogP contribution in [0.15, 0.2) is 22.7 Å². The van der Waals surface area contributed by atoms with Gasteiger partial charge in [-0.1, -0.05) is 28.1 Å². The summed E-state index contributed by atoms with van der Waals surface area (Å²) in [6.45, 7) is 2.98. The Balaban J connectivity index is 1.81. The molecule has 4 heteroatoms. The van der Waals surface area contributed by atoms with Gasteiger partial charge in [0.15, 0.2) is 0 Å². The van der Waals surface area contributed by atoms with Crippen LogP contribution < -0.4 is 11.3 Å². The van der Waals surface area contributed by atoms with Crippen LogP contribution >= 0.6 is 15.9 Å². The summed E-state index contributed by atoms with van der Waals surface area (Å²) in [6.07, 6.45) is 5.95. The van der Waals surface area contributed by atoms with Crippen molar-refractivity contribution in [2.75, 3.05) is 6.61 Å². The molecule has 1 spiro atoms. The smallest absolute Gasteiger partial charge is 0.0686 e. The fraction of sp³-hybridized carbons (Fsp3) is 0.625. The molecule has 3 rings (SSSR count). The highest BCUT2D eigenvalue weighted by Crippen LogP contribution is 2.47. The first-order chi connectivity index (χ1) is 9.63. The Labute approximate surface area is 129 Å². The standard InChI is InChI=1S/C16H23BrN2O/c1-11-3-4-13(14(17)9-11)15(19-18)12-5-8-20-16(10-12)6-2-7-16/h3-4,9,12,15,19H,2,5-8,10,18H2,1H3. The molecule has 110 valence electrons. The molecule has 1 saturated heterocycles. The predicted octanol–water partition coefficient (Wildman–Crippen LogP) is 3.61. The van der Waals surface area contributed by atoms with Gasteiger partial charge in [0.05, 0.1) is 11.6 Å². The van der Waals surface area contributed by atoms with E-state index in [2.05, 4.69) is 46.5 Å². The van der Waals surface area contributed by atoms with Crippen molar-refractivity contribution >= 4 is 15.9 Å². The average molecular weight is 339 g/mol. The number of nitrogens with two attached hydrogens (primary N) is 1. The lowest BCUT2D eigenvalue weighted by Crippen LogP contribution is -2.48. The molecule has 3 N–H and O–H groups in total. The molecule has 1 aliphatic carbocycles. The van der Waals surface area contributed by atoms with Crippen molar-refractivity contribution in [1.82, 2.24) is 5.43 Å². The second-order valence-electron chi connectivity index (χ2n) is 6.31. The van der Waals surface area contributed by atoms with Gasteiger partial charge in [0.2, 0.25) is 0 Å². The third-order valence-corrected chi connectivity index (χ3v) is 5.62. The maximum absolute atomic E-state index is 6.03. The maximum Gasteiger partial charge on any atom is 0.0686 e. The molecule has 2 unspecified atom stereocenters. The Morgan fingerprint density at radius 2 is 2.25 bits per heavy atom. The van der Waals surface area contributed by atoms with Gasteiger partial charge in [-0.15, -0.1) is 0 Å².